The average molecular weight is 279 g/mol. The summed E-state index contributed by atoms with van der Waals surface area (Å²) in [5.74, 6) is 0.935. The maximum atomic E-state index is 12.3. The molecule has 1 rings (SSSR count). The number of ether oxygens (including phenoxy) is 2. The van der Waals surface area contributed by atoms with E-state index in [1.807, 2.05) is 6.92 Å². The van der Waals surface area contributed by atoms with Crippen molar-refractivity contribution >= 4 is 5.91 Å². The van der Waals surface area contributed by atoms with E-state index in [4.69, 9.17) is 14.6 Å². The topological polar surface area (TPSA) is 59.0 Å². The van der Waals surface area contributed by atoms with Crippen LogP contribution in [0.15, 0.2) is 30.9 Å². The third-order valence-electron chi connectivity index (χ3n) is 2.72. The van der Waals surface area contributed by atoms with Gasteiger partial charge in [-0.15, -0.1) is 6.58 Å². The lowest BCUT2D eigenvalue weighted by molar-refractivity contribution is 0.0742. The van der Waals surface area contributed by atoms with Crippen molar-refractivity contribution < 1.29 is 19.4 Å². The lowest BCUT2D eigenvalue weighted by Gasteiger charge is -2.20. The zero-order chi connectivity index (χ0) is 15.0. The Morgan fingerprint density at radius 2 is 2.20 bits per heavy atom. The van der Waals surface area contributed by atoms with Crippen LogP contribution in [0, 0.1) is 0 Å². The summed E-state index contributed by atoms with van der Waals surface area (Å²) in [6, 6.07) is 5.03. The summed E-state index contributed by atoms with van der Waals surface area (Å²) >= 11 is 0. The molecule has 20 heavy (non-hydrogen) atoms. The van der Waals surface area contributed by atoms with Gasteiger partial charge in [0, 0.05) is 18.7 Å². The first-order valence-electron chi connectivity index (χ1n) is 6.49. The summed E-state index contributed by atoms with van der Waals surface area (Å²) in [5, 5.41) is 9.00. The van der Waals surface area contributed by atoms with Gasteiger partial charge in [-0.05, 0) is 25.1 Å². The molecule has 0 aliphatic heterocycles. The number of carbonyl (C=O) groups is 1. The molecule has 0 unspecified atom stereocenters. The first-order valence-corrected chi connectivity index (χ1v) is 6.49. The van der Waals surface area contributed by atoms with Crippen LogP contribution in [0.1, 0.15) is 17.3 Å². The van der Waals surface area contributed by atoms with Crippen LogP contribution in [0.25, 0.3) is 0 Å². The predicted molar refractivity (Wildman–Crippen MR) is 77.3 cm³/mol. The second-order valence-electron chi connectivity index (χ2n) is 4.06. The molecule has 0 aliphatic rings. The molecule has 1 aromatic carbocycles. The number of carbonyl (C=O) groups excluding carboxylic acids is 1. The quantitative estimate of drug-likeness (QED) is 0.736. The number of rotatable bonds is 8. The Morgan fingerprint density at radius 3 is 2.75 bits per heavy atom. The van der Waals surface area contributed by atoms with Crippen LogP contribution in [-0.2, 0) is 0 Å². The van der Waals surface area contributed by atoms with E-state index in [0.29, 0.717) is 30.2 Å². The molecule has 5 nitrogen and oxygen atoms in total. The van der Waals surface area contributed by atoms with Gasteiger partial charge in [0.05, 0.1) is 20.3 Å². The van der Waals surface area contributed by atoms with E-state index in [1.165, 1.54) is 12.0 Å². The highest BCUT2D eigenvalue weighted by Crippen LogP contribution is 2.28. The molecule has 0 saturated heterocycles. The van der Waals surface area contributed by atoms with Gasteiger partial charge in [-0.1, -0.05) is 6.08 Å². The monoisotopic (exact) mass is 279 g/mol. The van der Waals surface area contributed by atoms with E-state index in [1.54, 1.807) is 24.3 Å². The van der Waals surface area contributed by atoms with Crippen LogP contribution in [0.4, 0.5) is 0 Å². The van der Waals surface area contributed by atoms with Crippen molar-refractivity contribution in [3.8, 4) is 11.5 Å². The second-order valence-corrected chi connectivity index (χ2v) is 4.06. The SMILES string of the molecule is C=CCN(CCO)C(=O)c1ccc(OCC)c(OC)c1. The fraction of sp³-hybridized carbons (Fsp3) is 0.400. The third kappa shape index (κ3) is 3.99. The maximum absolute atomic E-state index is 12.3. The fourth-order valence-electron chi connectivity index (χ4n) is 1.81. The van der Waals surface area contributed by atoms with Crippen molar-refractivity contribution in [3.05, 3.63) is 36.4 Å². The minimum atomic E-state index is -0.180. The molecular formula is C15H21NO4. The number of aliphatic hydroxyl groups is 1. The molecule has 0 aromatic heterocycles. The molecule has 0 aliphatic carbocycles. The number of nitrogens with zero attached hydrogens (tertiary/aromatic N) is 1. The molecule has 0 heterocycles. The van der Waals surface area contributed by atoms with Gasteiger partial charge in [-0.3, -0.25) is 4.79 Å². The highest BCUT2D eigenvalue weighted by Gasteiger charge is 2.16. The largest absolute Gasteiger partial charge is 0.493 e. The van der Waals surface area contributed by atoms with Crippen LogP contribution in [0.5, 0.6) is 11.5 Å². The molecule has 1 aromatic rings. The molecular weight excluding hydrogens is 258 g/mol. The van der Waals surface area contributed by atoms with Crippen molar-refractivity contribution in [1.82, 2.24) is 4.90 Å². The van der Waals surface area contributed by atoms with E-state index in [0.717, 1.165) is 0 Å². The summed E-state index contributed by atoms with van der Waals surface area (Å²) in [5.41, 5.74) is 0.487. The standard InChI is InChI=1S/C15H21NO4/c1-4-8-16(9-10-17)15(18)12-6-7-13(20-5-2)14(11-12)19-3/h4,6-7,11,17H,1,5,8-10H2,2-3H3. The Bertz CT molecular complexity index is 459. The Balaban J connectivity index is 2.99. The Hall–Kier alpha value is -2.01. The molecule has 1 N–H and O–H groups in total. The van der Waals surface area contributed by atoms with Gasteiger partial charge in [0.1, 0.15) is 0 Å². The number of methoxy groups -OCH3 is 1. The third-order valence-corrected chi connectivity index (χ3v) is 2.72. The van der Waals surface area contributed by atoms with Crippen molar-refractivity contribution in [2.45, 2.75) is 6.92 Å². The summed E-state index contributed by atoms with van der Waals surface area (Å²) in [4.78, 5) is 13.8. The molecule has 0 spiro atoms. The highest BCUT2D eigenvalue weighted by molar-refractivity contribution is 5.95. The number of amides is 1. The van der Waals surface area contributed by atoms with Crippen LogP contribution < -0.4 is 9.47 Å². The summed E-state index contributed by atoms with van der Waals surface area (Å²) in [6.45, 7) is 6.57. The number of benzene rings is 1. The van der Waals surface area contributed by atoms with Crippen molar-refractivity contribution in [1.29, 1.82) is 0 Å². The lowest BCUT2D eigenvalue weighted by atomic mass is 10.1. The number of aliphatic hydroxyl groups excluding tert-OH is 1. The second kappa shape index (κ2) is 8.22. The number of hydrogen-bond acceptors (Lipinski definition) is 4. The summed E-state index contributed by atoms with van der Waals surface area (Å²) in [6.07, 6.45) is 1.62. The van der Waals surface area contributed by atoms with Crippen molar-refractivity contribution in [2.24, 2.45) is 0 Å². The van der Waals surface area contributed by atoms with Crippen LogP contribution in [-0.4, -0.2) is 49.3 Å². The minimum Gasteiger partial charge on any atom is -0.493 e. The van der Waals surface area contributed by atoms with Crippen LogP contribution >= 0.6 is 0 Å². The minimum absolute atomic E-state index is 0.0895. The van der Waals surface area contributed by atoms with E-state index < -0.39 is 0 Å². The van der Waals surface area contributed by atoms with Gasteiger partial charge in [-0.25, -0.2) is 0 Å². The molecule has 110 valence electrons. The van der Waals surface area contributed by atoms with Crippen molar-refractivity contribution in [3.63, 3.8) is 0 Å². The van der Waals surface area contributed by atoms with E-state index in [9.17, 15) is 4.79 Å². The Labute approximate surface area is 119 Å². The molecule has 0 saturated carbocycles. The zero-order valence-corrected chi connectivity index (χ0v) is 12.0. The molecule has 0 bridgehead atoms. The van der Waals surface area contributed by atoms with Gasteiger partial charge >= 0.3 is 0 Å². The first kappa shape index (κ1) is 16.0. The molecule has 5 heteroatoms. The molecule has 0 atom stereocenters. The van der Waals surface area contributed by atoms with Gasteiger partial charge in [-0.2, -0.15) is 0 Å². The average Bonchev–Trinajstić information content (AvgIpc) is 2.47. The number of hydrogen-bond donors (Lipinski definition) is 1. The highest BCUT2D eigenvalue weighted by atomic mass is 16.5. The first-order chi connectivity index (χ1) is 9.67. The van der Waals surface area contributed by atoms with Gasteiger partial charge in [0.2, 0.25) is 0 Å². The summed E-state index contributed by atoms with van der Waals surface area (Å²) < 4.78 is 10.6. The van der Waals surface area contributed by atoms with Crippen LogP contribution in [0.2, 0.25) is 0 Å². The van der Waals surface area contributed by atoms with Gasteiger partial charge in [0.15, 0.2) is 11.5 Å². The predicted octanol–water partition coefficient (Wildman–Crippen LogP) is 1.71. The normalized spacial score (nSPS) is 9.95. The smallest absolute Gasteiger partial charge is 0.254 e. The van der Waals surface area contributed by atoms with E-state index >= 15 is 0 Å². The van der Waals surface area contributed by atoms with E-state index in [2.05, 4.69) is 6.58 Å². The van der Waals surface area contributed by atoms with Crippen molar-refractivity contribution in [2.75, 3.05) is 33.4 Å². The van der Waals surface area contributed by atoms with Gasteiger partial charge in [0.25, 0.3) is 5.91 Å². The molecule has 1 amide bonds. The lowest BCUT2D eigenvalue weighted by Crippen LogP contribution is -2.33. The Kier molecular flexibility index (Phi) is 6.59. The summed E-state index contributed by atoms with van der Waals surface area (Å²) in [7, 11) is 1.53. The fourth-order valence-corrected chi connectivity index (χ4v) is 1.81. The van der Waals surface area contributed by atoms with Crippen LogP contribution in [0.3, 0.4) is 0 Å². The van der Waals surface area contributed by atoms with Gasteiger partial charge < -0.3 is 19.5 Å². The zero-order valence-electron chi connectivity index (χ0n) is 12.0. The molecule has 0 radical (unpaired) electrons. The van der Waals surface area contributed by atoms with E-state index in [-0.39, 0.29) is 19.1 Å². The maximum Gasteiger partial charge on any atom is 0.254 e. The molecule has 0 fully saturated rings. The Morgan fingerprint density at radius 1 is 1.45 bits per heavy atom.